The van der Waals surface area contributed by atoms with Crippen LogP contribution < -0.4 is 9.64 Å². The summed E-state index contributed by atoms with van der Waals surface area (Å²) in [5, 5.41) is 10.0. The fourth-order valence-electron chi connectivity index (χ4n) is 3.31. The fourth-order valence-corrected chi connectivity index (χ4v) is 3.56. The van der Waals surface area contributed by atoms with Gasteiger partial charge in [0, 0.05) is 30.5 Å². The first-order chi connectivity index (χ1) is 15.3. The van der Waals surface area contributed by atoms with Crippen molar-refractivity contribution < 1.29 is 14.6 Å². The number of ether oxygens (including phenoxy) is 1. The van der Waals surface area contributed by atoms with Crippen molar-refractivity contribution in [2.45, 2.75) is 52.1 Å². The number of aromatic nitrogens is 2. The van der Waals surface area contributed by atoms with Gasteiger partial charge in [0.15, 0.2) is 5.60 Å². The molecule has 32 heavy (non-hydrogen) atoms. The third kappa shape index (κ3) is 6.33. The van der Waals surface area contributed by atoms with E-state index in [-0.39, 0.29) is 0 Å². The summed E-state index contributed by atoms with van der Waals surface area (Å²) >= 11 is 6.44. The van der Waals surface area contributed by atoms with Gasteiger partial charge in [-0.2, -0.15) is 0 Å². The molecule has 0 unspecified atom stereocenters. The summed E-state index contributed by atoms with van der Waals surface area (Å²) < 4.78 is 5.59. The molecule has 2 aromatic rings. The Balaban J connectivity index is 1.71. The van der Waals surface area contributed by atoms with Gasteiger partial charge in [0.05, 0.1) is 0 Å². The molecule has 0 fully saturated rings. The van der Waals surface area contributed by atoms with Crippen LogP contribution in [0.5, 0.6) is 5.75 Å². The molecule has 1 N–H and O–H groups in total. The van der Waals surface area contributed by atoms with Gasteiger partial charge in [-0.05, 0) is 68.4 Å². The number of carboxylic acid groups (broad SMARTS) is 1. The average molecular weight is 456 g/mol. The monoisotopic (exact) mass is 455 g/mol. The van der Waals surface area contributed by atoms with Gasteiger partial charge in [-0.1, -0.05) is 42.8 Å². The van der Waals surface area contributed by atoms with E-state index in [4.69, 9.17) is 16.3 Å². The summed E-state index contributed by atoms with van der Waals surface area (Å²) in [6, 6.07) is 7.53. The number of hydrogen-bond donors (Lipinski definition) is 1. The molecule has 1 aromatic heterocycles. The van der Waals surface area contributed by atoms with Crippen molar-refractivity contribution in [3.05, 3.63) is 70.5 Å². The number of aliphatic carboxylic acids is 1. The van der Waals surface area contributed by atoms with Crippen LogP contribution in [0.3, 0.4) is 0 Å². The Hall–Kier alpha value is -2.86. The zero-order chi connectivity index (χ0) is 23.1. The fraction of sp³-hybridized carbons (Fsp3) is 0.400. The molecule has 0 radical (unpaired) electrons. The lowest BCUT2D eigenvalue weighted by molar-refractivity contribution is -0.152. The minimum absolute atomic E-state index is 0.528. The number of hydrogen-bond acceptors (Lipinski definition) is 5. The maximum atomic E-state index is 11.3. The SMILES string of the molecule is CCc1cnc(N(CCc2ccc(OC(C)(C)C(=O)O)cc2)CC2=CCCC=C2Cl)nc1. The summed E-state index contributed by atoms with van der Waals surface area (Å²) in [5.74, 6) is 0.207. The maximum Gasteiger partial charge on any atom is 0.347 e. The predicted octanol–water partition coefficient (Wildman–Crippen LogP) is 5.17. The highest BCUT2D eigenvalue weighted by molar-refractivity contribution is 6.32. The molecule has 7 heteroatoms. The van der Waals surface area contributed by atoms with E-state index >= 15 is 0 Å². The van der Waals surface area contributed by atoms with E-state index < -0.39 is 11.6 Å². The van der Waals surface area contributed by atoms with Gasteiger partial charge in [0.2, 0.25) is 5.95 Å². The quantitative estimate of drug-likeness (QED) is 0.532. The Morgan fingerprint density at radius 3 is 2.38 bits per heavy atom. The van der Waals surface area contributed by atoms with Crippen molar-refractivity contribution in [2.24, 2.45) is 0 Å². The highest BCUT2D eigenvalue weighted by atomic mass is 35.5. The molecular formula is C25H30ClN3O3. The topological polar surface area (TPSA) is 75.6 Å². The molecule has 0 amide bonds. The first kappa shape index (κ1) is 23.8. The number of nitrogens with zero attached hydrogens (tertiary/aromatic N) is 3. The third-order valence-electron chi connectivity index (χ3n) is 5.41. The molecular weight excluding hydrogens is 426 g/mol. The average Bonchev–Trinajstić information content (AvgIpc) is 2.78. The van der Waals surface area contributed by atoms with Crippen LogP contribution >= 0.6 is 11.6 Å². The van der Waals surface area contributed by atoms with Crippen molar-refractivity contribution >= 4 is 23.5 Å². The normalized spacial score (nSPS) is 13.9. The van der Waals surface area contributed by atoms with Crippen molar-refractivity contribution in [3.8, 4) is 5.75 Å². The highest BCUT2D eigenvalue weighted by Crippen LogP contribution is 2.25. The van der Waals surface area contributed by atoms with Gasteiger partial charge >= 0.3 is 5.97 Å². The largest absolute Gasteiger partial charge is 0.478 e. The van der Waals surface area contributed by atoms with Crippen LogP contribution in [0.4, 0.5) is 5.95 Å². The molecule has 1 aliphatic carbocycles. The molecule has 1 aliphatic rings. The summed E-state index contributed by atoms with van der Waals surface area (Å²) in [4.78, 5) is 22.6. The van der Waals surface area contributed by atoms with Gasteiger partial charge in [-0.25, -0.2) is 14.8 Å². The number of rotatable bonds is 10. The molecule has 1 heterocycles. The predicted molar refractivity (Wildman–Crippen MR) is 127 cm³/mol. The summed E-state index contributed by atoms with van der Waals surface area (Å²) in [6.07, 6.45) is 11.6. The molecule has 3 rings (SSSR count). The second kappa shape index (κ2) is 10.6. The van der Waals surface area contributed by atoms with Crippen LogP contribution in [0.2, 0.25) is 0 Å². The van der Waals surface area contributed by atoms with Crippen LogP contribution in [0.25, 0.3) is 0 Å². The Bertz CT molecular complexity index is 982. The summed E-state index contributed by atoms with van der Waals surface area (Å²) in [6.45, 7) is 6.51. The van der Waals surface area contributed by atoms with Gasteiger partial charge in [-0.15, -0.1) is 0 Å². The van der Waals surface area contributed by atoms with Crippen molar-refractivity contribution in [1.82, 2.24) is 9.97 Å². The van der Waals surface area contributed by atoms with Crippen molar-refractivity contribution in [2.75, 3.05) is 18.0 Å². The standard InChI is InChI=1S/C25H30ClN3O3/c1-4-18-15-27-24(28-16-18)29(17-20-7-5-6-8-22(20)26)14-13-19-9-11-21(12-10-19)32-25(2,3)23(30)31/h7-12,15-16H,4-6,13-14,17H2,1-3H3,(H,30,31). The molecule has 1 aromatic carbocycles. The summed E-state index contributed by atoms with van der Waals surface area (Å²) in [7, 11) is 0. The second-order valence-corrected chi connectivity index (χ2v) is 8.74. The molecule has 0 aliphatic heterocycles. The van der Waals surface area contributed by atoms with Crippen LogP contribution in [0.15, 0.2) is 59.4 Å². The molecule has 0 spiro atoms. The van der Waals surface area contributed by atoms with E-state index in [9.17, 15) is 9.90 Å². The van der Waals surface area contributed by atoms with Crippen molar-refractivity contribution in [3.63, 3.8) is 0 Å². The number of carboxylic acids is 1. The molecule has 0 saturated heterocycles. The highest BCUT2D eigenvalue weighted by Gasteiger charge is 2.29. The number of allylic oxidation sites excluding steroid dienone is 2. The van der Waals surface area contributed by atoms with E-state index in [0.717, 1.165) is 47.4 Å². The molecule has 0 atom stereocenters. The Morgan fingerprint density at radius 1 is 1.12 bits per heavy atom. The van der Waals surface area contributed by atoms with Crippen LogP contribution in [-0.4, -0.2) is 39.7 Å². The van der Waals surface area contributed by atoms with E-state index in [1.165, 1.54) is 13.8 Å². The first-order valence-corrected chi connectivity index (χ1v) is 11.3. The number of aryl methyl sites for hydroxylation is 1. The van der Waals surface area contributed by atoms with E-state index in [1.54, 1.807) is 12.1 Å². The van der Waals surface area contributed by atoms with E-state index in [0.29, 0.717) is 24.8 Å². The van der Waals surface area contributed by atoms with E-state index in [1.807, 2.05) is 24.5 Å². The Morgan fingerprint density at radius 2 is 1.78 bits per heavy atom. The minimum atomic E-state index is -1.28. The second-order valence-electron chi connectivity index (χ2n) is 8.34. The lowest BCUT2D eigenvalue weighted by Crippen LogP contribution is -2.37. The summed E-state index contributed by atoms with van der Waals surface area (Å²) in [5.41, 5.74) is 2.03. The van der Waals surface area contributed by atoms with Crippen molar-refractivity contribution in [1.29, 1.82) is 0 Å². The smallest absolute Gasteiger partial charge is 0.347 e. The van der Waals surface area contributed by atoms with Gasteiger partial charge in [0.25, 0.3) is 0 Å². The number of carbonyl (C=O) groups is 1. The molecule has 170 valence electrons. The lowest BCUT2D eigenvalue weighted by Gasteiger charge is -2.25. The van der Waals surface area contributed by atoms with Gasteiger partial charge in [-0.3, -0.25) is 0 Å². The van der Waals surface area contributed by atoms with Crippen LogP contribution in [-0.2, 0) is 17.6 Å². The number of halogens is 1. The Labute approximate surface area is 194 Å². The van der Waals surface area contributed by atoms with Crippen LogP contribution in [0.1, 0.15) is 44.7 Å². The first-order valence-electron chi connectivity index (χ1n) is 10.9. The van der Waals surface area contributed by atoms with Gasteiger partial charge < -0.3 is 14.7 Å². The number of anilines is 1. The molecule has 6 nitrogen and oxygen atoms in total. The van der Waals surface area contributed by atoms with Crippen LogP contribution in [0, 0.1) is 0 Å². The lowest BCUT2D eigenvalue weighted by atomic mass is 10.1. The van der Waals surface area contributed by atoms with E-state index in [2.05, 4.69) is 33.9 Å². The number of benzene rings is 1. The Kier molecular flexibility index (Phi) is 7.91. The third-order valence-corrected chi connectivity index (χ3v) is 5.81. The zero-order valence-corrected chi connectivity index (χ0v) is 19.6. The molecule has 0 bridgehead atoms. The molecule has 0 saturated carbocycles. The minimum Gasteiger partial charge on any atom is -0.478 e. The van der Waals surface area contributed by atoms with Gasteiger partial charge in [0.1, 0.15) is 5.75 Å². The zero-order valence-electron chi connectivity index (χ0n) is 18.8. The maximum absolute atomic E-state index is 11.3.